The first-order valence-electron chi connectivity index (χ1n) is 6.48. The molecule has 2 heterocycles. The number of hydrogen-bond acceptors (Lipinski definition) is 3. The first kappa shape index (κ1) is 14.6. The summed E-state index contributed by atoms with van der Waals surface area (Å²) in [5, 5.41) is 2.08. The van der Waals surface area contributed by atoms with Crippen molar-refractivity contribution in [2.75, 3.05) is 11.9 Å². The van der Waals surface area contributed by atoms with Gasteiger partial charge in [-0.05, 0) is 23.8 Å². The zero-order chi connectivity index (χ0) is 16.3. The van der Waals surface area contributed by atoms with Crippen molar-refractivity contribution in [3.8, 4) is 0 Å². The molecule has 5 nitrogen and oxygen atoms in total. The van der Waals surface area contributed by atoms with Gasteiger partial charge in [0.25, 0.3) is 0 Å². The van der Waals surface area contributed by atoms with Crippen LogP contribution < -0.4 is 10.2 Å². The molecule has 1 spiro atoms. The number of alkyl halides is 3. The number of anilines is 1. The maximum atomic E-state index is 12.9. The van der Waals surface area contributed by atoms with Gasteiger partial charge >= 0.3 is 6.18 Å². The topological polar surface area (TPSA) is 66.5 Å². The first-order valence-corrected chi connectivity index (χ1v) is 6.48. The van der Waals surface area contributed by atoms with Crippen LogP contribution in [0.5, 0.6) is 0 Å². The molecule has 0 aliphatic carbocycles. The van der Waals surface area contributed by atoms with Crippen LogP contribution in [-0.2, 0) is 26.0 Å². The Balaban J connectivity index is 2.25. The molecule has 0 bridgehead atoms. The molecule has 3 rings (SSSR count). The normalized spacial score (nSPS) is 24.7. The molecule has 22 heavy (non-hydrogen) atoms. The van der Waals surface area contributed by atoms with Crippen molar-refractivity contribution in [3.63, 3.8) is 0 Å². The second-order valence-electron chi connectivity index (χ2n) is 5.50. The predicted molar refractivity (Wildman–Crippen MR) is 68.9 cm³/mol. The fourth-order valence-corrected chi connectivity index (χ4v) is 3.00. The molecule has 0 unspecified atom stereocenters. The molecule has 1 fully saturated rings. The quantitative estimate of drug-likeness (QED) is 0.736. The molecule has 116 valence electrons. The lowest BCUT2D eigenvalue weighted by molar-refractivity contribution is -0.138. The molecule has 2 aliphatic rings. The van der Waals surface area contributed by atoms with Crippen molar-refractivity contribution in [2.24, 2.45) is 0 Å². The average Bonchev–Trinajstić information content (AvgIpc) is 2.70. The molecular weight excluding hydrogens is 301 g/mol. The molecule has 0 radical (unpaired) electrons. The lowest BCUT2D eigenvalue weighted by atomic mass is 9.72. The van der Waals surface area contributed by atoms with Crippen molar-refractivity contribution >= 4 is 23.4 Å². The van der Waals surface area contributed by atoms with Gasteiger partial charge in [0.05, 0.1) is 11.0 Å². The SMILES string of the molecule is CN1C(=O)C[C@@]2(CC(=O)NC2=O)c2cc(C(F)(F)F)ccc21. The second-order valence-corrected chi connectivity index (χ2v) is 5.50. The minimum absolute atomic E-state index is 0.0628. The van der Waals surface area contributed by atoms with E-state index in [4.69, 9.17) is 0 Å². The Labute approximate surface area is 123 Å². The van der Waals surface area contributed by atoms with Gasteiger partial charge in [-0.2, -0.15) is 13.2 Å². The zero-order valence-electron chi connectivity index (χ0n) is 11.5. The Hall–Kier alpha value is -2.38. The van der Waals surface area contributed by atoms with Crippen LogP contribution in [0.1, 0.15) is 24.0 Å². The maximum absolute atomic E-state index is 12.9. The smallest absolute Gasteiger partial charge is 0.315 e. The zero-order valence-corrected chi connectivity index (χ0v) is 11.5. The summed E-state index contributed by atoms with van der Waals surface area (Å²) in [5.74, 6) is -1.73. The minimum Gasteiger partial charge on any atom is -0.315 e. The molecule has 1 N–H and O–H groups in total. The fourth-order valence-electron chi connectivity index (χ4n) is 3.00. The van der Waals surface area contributed by atoms with E-state index >= 15 is 0 Å². The Morgan fingerprint density at radius 3 is 2.41 bits per heavy atom. The number of benzene rings is 1. The van der Waals surface area contributed by atoms with Gasteiger partial charge in [0.2, 0.25) is 17.7 Å². The van der Waals surface area contributed by atoms with Gasteiger partial charge in [-0.1, -0.05) is 0 Å². The van der Waals surface area contributed by atoms with E-state index in [-0.39, 0.29) is 24.1 Å². The molecule has 1 atom stereocenters. The van der Waals surface area contributed by atoms with E-state index in [0.717, 1.165) is 18.2 Å². The Morgan fingerprint density at radius 1 is 1.18 bits per heavy atom. The Bertz CT molecular complexity index is 714. The Morgan fingerprint density at radius 2 is 1.86 bits per heavy atom. The van der Waals surface area contributed by atoms with E-state index in [1.165, 1.54) is 11.9 Å². The fraction of sp³-hybridized carbons (Fsp3) is 0.357. The summed E-state index contributed by atoms with van der Waals surface area (Å²) in [7, 11) is 1.43. The number of imide groups is 1. The number of fused-ring (bicyclic) bond motifs is 2. The minimum atomic E-state index is -4.57. The number of halogens is 3. The average molecular weight is 312 g/mol. The highest BCUT2D eigenvalue weighted by Crippen LogP contribution is 2.46. The predicted octanol–water partition coefficient (Wildman–Crippen LogP) is 1.36. The first-order chi connectivity index (χ1) is 10.1. The monoisotopic (exact) mass is 312 g/mol. The van der Waals surface area contributed by atoms with Gasteiger partial charge in [0.15, 0.2) is 0 Å². The van der Waals surface area contributed by atoms with Gasteiger partial charge in [0.1, 0.15) is 0 Å². The molecule has 1 aromatic carbocycles. The van der Waals surface area contributed by atoms with Crippen LogP contribution in [-0.4, -0.2) is 24.8 Å². The van der Waals surface area contributed by atoms with Crippen molar-refractivity contribution in [2.45, 2.75) is 24.4 Å². The van der Waals surface area contributed by atoms with Crippen LogP contribution in [0.4, 0.5) is 18.9 Å². The van der Waals surface area contributed by atoms with Gasteiger partial charge < -0.3 is 4.90 Å². The number of amides is 3. The summed E-state index contributed by atoms with van der Waals surface area (Å²) in [6.45, 7) is 0. The number of hydrogen-bond donors (Lipinski definition) is 1. The van der Waals surface area contributed by atoms with E-state index < -0.39 is 34.9 Å². The van der Waals surface area contributed by atoms with E-state index in [1.54, 1.807) is 0 Å². The number of carbonyl (C=O) groups is 3. The van der Waals surface area contributed by atoms with E-state index in [2.05, 4.69) is 5.32 Å². The Kier molecular flexibility index (Phi) is 2.85. The van der Waals surface area contributed by atoms with Crippen LogP contribution in [0, 0.1) is 0 Å². The molecule has 0 saturated carbocycles. The summed E-state index contributed by atoms with van der Waals surface area (Å²) < 4.78 is 38.8. The highest BCUT2D eigenvalue weighted by molar-refractivity contribution is 6.14. The second kappa shape index (κ2) is 4.31. The van der Waals surface area contributed by atoms with E-state index in [1.807, 2.05) is 0 Å². The summed E-state index contributed by atoms with van der Waals surface area (Å²) in [6.07, 6.45) is -5.22. The molecule has 3 amide bonds. The van der Waals surface area contributed by atoms with Crippen LogP contribution >= 0.6 is 0 Å². The molecule has 0 aromatic heterocycles. The lowest BCUT2D eigenvalue weighted by Gasteiger charge is -2.37. The van der Waals surface area contributed by atoms with Crippen molar-refractivity contribution in [3.05, 3.63) is 29.3 Å². The largest absolute Gasteiger partial charge is 0.416 e. The standard InChI is InChI=1S/C14H11F3N2O3/c1-19-9-3-2-7(14(15,16)17)4-8(9)13(6-11(19)21)5-10(20)18-12(13)22/h2-4H,5-6H2,1H3,(H,18,20,22)/t13-/m0/s1. The van der Waals surface area contributed by atoms with Crippen LogP contribution in [0.25, 0.3) is 0 Å². The number of nitrogens with zero attached hydrogens (tertiary/aromatic N) is 1. The van der Waals surface area contributed by atoms with E-state index in [9.17, 15) is 27.6 Å². The van der Waals surface area contributed by atoms with Crippen molar-refractivity contribution in [1.29, 1.82) is 0 Å². The summed E-state index contributed by atoms with van der Waals surface area (Å²) in [6, 6.07) is 2.87. The van der Waals surface area contributed by atoms with Crippen molar-refractivity contribution < 1.29 is 27.6 Å². The van der Waals surface area contributed by atoms with Crippen molar-refractivity contribution in [1.82, 2.24) is 5.32 Å². The van der Waals surface area contributed by atoms with Crippen LogP contribution in [0.15, 0.2) is 18.2 Å². The van der Waals surface area contributed by atoms with Crippen LogP contribution in [0.3, 0.4) is 0 Å². The summed E-state index contributed by atoms with van der Waals surface area (Å²) in [4.78, 5) is 37.0. The summed E-state index contributed by atoms with van der Waals surface area (Å²) >= 11 is 0. The summed E-state index contributed by atoms with van der Waals surface area (Å²) in [5.41, 5.74) is -2.18. The highest BCUT2D eigenvalue weighted by atomic mass is 19.4. The number of nitrogens with one attached hydrogen (secondary N) is 1. The van der Waals surface area contributed by atoms with Crippen LogP contribution in [0.2, 0.25) is 0 Å². The molecule has 1 aromatic rings. The molecular formula is C14H11F3N2O3. The van der Waals surface area contributed by atoms with Gasteiger partial charge in [0, 0.05) is 25.6 Å². The van der Waals surface area contributed by atoms with Gasteiger partial charge in [-0.25, -0.2) is 0 Å². The van der Waals surface area contributed by atoms with Gasteiger partial charge in [-0.15, -0.1) is 0 Å². The molecule has 2 aliphatic heterocycles. The molecule has 1 saturated heterocycles. The molecule has 8 heteroatoms. The highest BCUT2D eigenvalue weighted by Gasteiger charge is 2.54. The number of rotatable bonds is 0. The van der Waals surface area contributed by atoms with Gasteiger partial charge in [-0.3, -0.25) is 19.7 Å². The third-order valence-electron chi connectivity index (χ3n) is 4.18. The van der Waals surface area contributed by atoms with E-state index in [0.29, 0.717) is 0 Å². The third-order valence-corrected chi connectivity index (χ3v) is 4.18. The number of carbonyl (C=O) groups excluding carboxylic acids is 3. The third kappa shape index (κ3) is 1.90. The maximum Gasteiger partial charge on any atom is 0.416 e. The lowest BCUT2D eigenvalue weighted by Crippen LogP contribution is -2.46.